The fourth-order valence-corrected chi connectivity index (χ4v) is 8.02. The molecule has 0 spiro atoms. The largest absolute Gasteiger partial charge is 0.399 e. The van der Waals surface area contributed by atoms with E-state index >= 15 is 0 Å². The van der Waals surface area contributed by atoms with Crippen LogP contribution < -0.4 is 22.9 Å². The fraction of sp³-hybridized carbons (Fsp3) is 0.326. The van der Waals surface area contributed by atoms with Crippen LogP contribution in [0.3, 0.4) is 0 Å². The lowest BCUT2D eigenvalue weighted by atomic mass is 10.0. The molecule has 0 saturated carbocycles. The van der Waals surface area contributed by atoms with E-state index in [0.29, 0.717) is 0 Å². The van der Waals surface area contributed by atoms with Gasteiger partial charge in [-0.15, -0.1) is 0 Å². The van der Waals surface area contributed by atoms with E-state index in [1.54, 1.807) is 48.5 Å². The van der Waals surface area contributed by atoms with E-state index in [9.17, 15) is 20.2 Å². The van der Waals surface area contributed by atoms with Crippen molar-refractivity contribution in [2.75, 3.05) is 22.9 Å². The van der Waals surface area contributed by atoms with Crippen molar-refractivity contribution in [1.29, 1.82) is 0 Å². The maximum Gasteiger partial charge on any atom is 0.269 e. The van der Waals surface area contributed by atoms with Crippen molar-refractivity contribution in [1.82, 2.24) is 0 Å². The first-order chi connectivity index (χ1) is 48.0. The molecule has 0 radical (unpaired) electrons. The monoisotopic (exact) mass is 1350 g/mol. The van der Waals surface area contributed by atoms with Gasteiger partial charge < -0.3 is 22.9 Å². The number of aryl methyl sites for hydroxylation is 4. The highest BCUT2D eigenvalue weighted by Gasteiger charge is 2.06. The van der Waals surface area contributed by atoms with E-state index in [4.69, 9.17) is 22.9 Å². The molecular weight excluding hydrogens is 1220 g/mol. The lowest BCUT2D eigenvalue weighted by Crippen LogP contribution is -1.91. The molecule has 10 nitrogen and oxygen atoms in total. The molecule has 0 aromatic heterocycles. The molecule has 0 aliphatic heterocycles. The standard InChI is InChI=1S/2C14H13NO2.2C14H15N.C13H14N2.10C2H6/c2*1-11-2-4-12(5-3-11)10-13-6-8-14(9-7-13)15(16)17;2*1-11-2-4-12(5-3-11)10-13-6-8-14(15)9-7-13;14-12-5-1-10(2-6-12)9-11-3-7-13(15)8-4-11;10*1-2/h2*2-9H,10H2,1H3;2*2-9H,10,15H2,1H3;1-8H,9,14-15H2;10*1-2H3. The van der Waals surface area contributed by atoms with Crippen molar-refractivity contribution < 1.29 is 9.85 Å². The quantitative estimate of drug-likeness (QED) is 0.0528. The lowest BCUT2D eigenvalue weighted by molar-refractivity contribution is -0.385. The Bertz CT molecular complexity index is 2960. The Labute approximate surface area is 602 Å². The Morgan fingerprint density at radius 2 is 0.303 bits per heavy atom. The molecule has 0 atom stereocenters. The second-order valence-corrected chi connectivity index (χ2v) is 19.6. The SMILES string of the molecule is CC.CC.CC.CC.CC.CC.CC.CC.CC.CC.Cc1ccc(Cc2ccc(N)cc2)cc1.Cc1ccc(Cc2ccc(N)cc2)cc1.Cc1ccc(Cc2ccc([N+](=O)[O-])cc2)cc1.Cc1ccc(Cc2ccc([N+](=O)[O-])cc2)cc1.Nc1ccc(Cc2ccc(N)cc2)cc1. The molecule has 99 heavy (non-hydrogen) atoms. The Kier molecular flexibility index (Phi) is 64.7. The highest BCUT2D eigenvalue weighted by Crippen LogP contribution is 2.19. The second kappa shape index (κ2) is 65.5. The van der Waals surface area contributed by atoms with Crippen molar-refractivity contribution in [2.45, 2.75) is 198 Å². The molecule has 0 heterocycles. The number of nitrogen functional groups attached to an aromatic ring is 4. The van der Waals surface area contributed by atoms with E-state index in [2.05, 4.69) is 149 Å². The maximum atomic E-state index is 10.5. The van der Waals surface area contributed by atoms with Gasteiger partial charge in [-0.1, -0.05) is 331 Å². The minimum absolute atomic E-state index is 0.137. The third kappa shape index (κ3) is 46.9. The van der Waals surface area contributed by atoms with Crippen LogP contribution in [0.25, 0.3) is 0 Å². The first kappa shape index (κ1) is 97.9. The van der Waals surface area contributed by atoms with Gasteiger partial charge >= 0.3 is 0 Å². The lowest BCUT2D eigenvalue weighted by Gasteiger charge is -2.02. The van der Waals surface area contributed by atoms with Crippen LogP contribution in [0.4, 0.5) is 34.1 Å². The van der Waals surface area contributed by atoms with Gasteiger partial charge in [0.25, 0.3) is 11.4 Å². The average Bonchev–Trinajstić information content (AvgIpc) is 0.953. The number of non-ortho nitro benzene ring substituents is 2. The zero-order valence-electron chi connectivity index (χ0n) is 65.5. The molecule has 0 unspecified atom stereocenters. The Morgan fingerprint density at radius 1 is 0.202 bits per heavy atom. The molecule has 0 aliphatic rings. The number of nitro groups is 2. The van der Waals surface area contributed by atoms with Crippen molar-refractivity contribution in [3.8, 4) is 0 Å². The molecule has 10 aromatic carbocycles. The van der Waals surface area contributed by atoms with Crippen LogP contribution in [-0.4, -0.2) is 9.85 Å². The van der Waals surface area contributed by atoms with Gasteiger partial charge in [0.05, 0.1) is 9.85 Å². The predicted molar refractivity (Wildman–Crippen MR) is 442 cm³/mol. The van der Waals surface area contributed by atoms with Crippen LogP contribution >= 0.6 is 0 Å². The number of benzene rings is 10. The van der Waals surface area contributed by atoms with Crippen LogP contribution in [-0.2, 0) is 32.1 Å². The molecule has 0 bridgehead atoms. The predicted octanol–water partition coefficient (Wildman–Crippen LogP) is 26.0. The summed E-state index contributed by atoms with van der Waals surface area (Å²) in [5.74, 6) is 0. The van der Waals surface area contributed by atoms with E-state index in [0.717, 1.165) is 66.0 Å². The number of hydrogen-bond donors (Lipinski definition) is 4. The van der Waals surface area contributed by atoms with Crippen LogP contribution in [0.1, 0.15) is 216 Å². The summed E-state index contributed by atoms with van der Waals surface area (Å²) in [5, 5.41) is 21.0. The van der Waals surface area contributed by atoms with Gasteiger partial charge in [-0.05, 0) is 164 Å². The summed E-state index contributed by atoms with van der Waals surface area (Å²) in [6, 6.07) is 79.3. The Morgan fingerprint density at radius 3 is 0.414 bits per heavy atom. The van der Waals surface area contributed by atoms with Crippen LogP contribution in [0.15, 0.2) is 243 Å². The van der Waals surface area contributed by atoms with Gasteiger partial charge in [0.2, 0.25) is 0 Å². The Balaban J connectivity index is -0.000000349. The molecule has 8 N–H and O–H groups in total. The molecule has 0 fully saturated rings. The third-order valence-corrected chi connectivity index (χ3v) is 12.7. The molecule has 10 aromatic rings. The van der Waals surface area contributed by atoms with Crippen molar-refractivity contribution in [3.63, 3.8) is 0 Å². The number of nitrogens with two attached hydrogens (primary N) is 4. The highest BCUT2D eigenvalue weighted by molar-refractivity contribution is 5.45. The van der Waals surface area contributed by atoms with E-state index in [1.807, 2.05) is 211 Å². The smallest absolute Gasteiger partial charge is 0.269 e. The van der Waals surface area contributed by atoms with E-state index in [1.165, 1.54) is 66.8 Å². The van der Waals surface area contributed by atoms with Crippen LogP contribution in [0.5, 0.6) is 0 Å². The molecular formula is C89H130N6O4. The summed E-state index contributed by atoms with van der Waals surface area (Å²) in [6.45, 7) is 48.3. The van der Waals surface area contributed by atoms with E-state index < -0.39 is 0 Å². The van der Waals surface area contributed by atoms with Crippen molar-refractivity contribution in [2.24, 2.45) is 0 Å². The topological polar surface area (TPSA) is 190 Å². The van der Waals surface area contributed by atoms with Gasteiger partial charge in [0, 0.05) is 47.0 Å². The summed E-state index contributed by atoms with van der Waals surface area (Å²) >= 11 is 0. The number of nitro benzene ring substituents is 2. The number of nitrogens with zero attached hydrogens (tertiary/aromatic N) is 2. The molecule has 0 saturated heterocycles. The van der Waals surface area contributed by atoms with Crippen molar-refractivity contribution in [3.05, 3.63) is 341 Å². The third-order valence-electron chi connectivity index (χ3n) is 12.7. The molecule has 10 heteroatoms. The molecule has 540 valence electrons. The first-order valence-corrected chi connectivity index (χ1v) is 36.1. The maximum absolute atomic E-state index is 10.5. The van der Waals surface area contributed by atoms with Crippen molar-refractivity contribution >= 4 is 34.1 Å². The van der Waals surface area contributed by atoms with Gasteiger partial charge in [-0.3, -0.25) is 20.2 Å². The highest BCUT2D eigenvalue weighted by atomic mass is 16.6. The second-order valence-electron chi connectivity index (χ2n) is 19.6. The zero-order valence-corrected chi connectivity index (χ0v) is 65.5. The summed E-state index contributed by atoms with van der Waals surface area (Å²) in [7, 11) is 0. The van der Waals surface area contributed by atoms with Gasteiger partial charge in [0.1, 0.15) is 0 Å². The molecule has 0 amide bonds. The number of rotatable bonds is 12. The fourth-order valence-electron chi connectivity index (χ4n) is 8.02. The summed E-state index contributed by atoms with van der Waals surface area (Å²) in [4.78, 5) is 20.3. The van der Waals surface area contributed by atoms with E-state index in [-0.39, 0.29) is 21.2 Å². The average molecular weight is 1350 g/mol. The first-order valence-electron chi connectivity index (χ1n) is 36.1. The minimum atomic E-state index is -0.379. The molecule has 0 aliphatic carbocycles. The normalized spacial score (nSPS) is 8.73. The summed E-state index contributed by atoms with van der Waals surface area (Å²) in [6.07, 6.45) is 4.47. The van der Waals surface area contributed by atoms with Crippen LogP contribution in [0, 0.1) is 47.9 Å². The molecule has 10 rings (SSSR count). The Hall–Kier alpha value is -9.80. The van der Waals surface area contributed by atoms with Gasteiger partial charge in [-0.25, -0.2) is 0 Å². The number of anilines is 4. The number of hydrogen-bond acceptors (Lipinski definition) is 8. The van der Waals surface area contributed by atoms with Gasteiger partial charge in [0.15, 0.2) is 0 Å². The van der Waals surface area contributed by atoms with Gasteiger partial charge in [-0.2, -0.15) is 0 Å². The minimum Gasteiger partial charge on any atom is -0.399 e. The summed E-state index contributed by atoms with van der Waals surface area (Å²) in [5.41, 5.74) is 43.5. The summed E-state index contributed by atoms with van der Waals surface area (Å²) < 4.78 is 0. The van der Waals surface area contributed by atoms with Crippen LogP contribution in [0.2, 0.25) is 0 Å². The zero-order chi connectivity index (χ0) is 76.5.